The zero-order valence-electron chi connectivity index (χ0n) is 6.86. The van der Waals surface area contributed by atoms with Crippen LogP contribution in [-0.4, -0.2) is 29.8 Å². The molecule has 0 heterocycles. The van der Waals surface area contributed by atoms with E-state index in [9.17, 15) is 4.79 Å². The molecule has 0 saturated carbocycles. The van der Waals surface area contributed by atoms with Gasteiger partial charge in [0.15, 0.2) is 0 Å². The van der Waals surface area contributed by atoms with Crippen molar-refractivity contribution in [1.82, 2.24) is 0 Å². The second-order valence-electron chi connectivity index (χ2n) is 2.38. The van der Waals surface area contributed by atoms with Crippen molar-refractivity contribution in [1.29, 1.82) is 5.26 Å². The fraction of sp³-hybridized carbons (Fsp3) is 0.714. The van der Waals surface area contributed by atoms with E-state index in [2.05, 4.69) is 0 Å². The molecule has 0 aliphatic rings. The summed E-state index contributed by atoms with van der Waals surface area (Å²) in [6.07, 6.45) is -0.285. The van der Waals surface area contributed by atoms with Crippen molar-refractivity contribution in [3.63, 3.8) is 0 Å². The van der Waals surface area contributed by atoms with Crippen LogP contribution < -0.4 is 5.73 Å². The molecule has 0 aromatic heterocycles. The zero-order chi connectivity index (χ0) is 9.56. The number of carboxylic acid groups (broad SMARTS) is 1. The van der Waals surface area contributed by atoms with Gasteiger partial charge >= 0.3 is 5.97 Å². The van der Waals surface area contributed by atoms with Crippen molar-refractivity contribution in [3.8, 4) is 6.07 Å². The maximum atomic E-state index is 10.2. The summed E-state index contributed by atoms with van der Waals surface area (Å²) in [6.45, 7) is 1.79. The van der Waals surface area contributed by atoms with E-state index in [1.807, 2.05) is 6.07 Å². The van der Waals surface area contributed by atoms with Crippen molar-refractivity contribution in [2.24, 2.45) is 5.73 Å². The van der Waals surface area contributed by atoms with E-state index in [0.29, 0.717) is 0 Å². The van der Waals surface area contributed by atoms with E-state index in [1.165, 1.54) is 0 Å². The van der Waals surface area contributed by atoms with Crippen LogP contribution in [0.2, 0.25) is 0 Å². The highest BCUT2D eigenvalue weighted by Crippen LogP contribution is 1.93. The molecule has 5 nitrogen and oxygen atoms in total. The molecule has 0 saturated heterocycles. The average Bonchev–Trinajstić information content (AvgIpc) is 2.03. The normalized spacial score (nSPS) is 14.8. The van der Waals surface area contributed by atoms with Crippen molar-refractivity contribution in [3.05, 3.63) is 0 Å². The predicted octanol–water partition coefficient (Wildman–Crippen LogP) is -0.283. The largest absolute Gasteiger partial charge is 0.480 e. The van der Waals surface area contributed by atoms with Crippen molar-refractivity contribution >= 4 is 5.97 Å². The fourth-order valence-electron chi connectivity index (χ4n) is 0.533. The van der Waals surface area contributed by atoms with E-state index < -0.39 is 18.1 Å². The van der Waals surface area contributed by atoms with Crippen LogP contribution in [0.25, 0.3) is 0 Å². The molecular formula is C7H12N2O3. The molecule has 12 heavy (non-hydrogen) atoms. The van der Waals surface area contributed by atoms with Gasteiger partial charge in [-0.1, -0.05) is 0 Å². The number of ether oxygens (including phenoxy) is 1. The van der Waals surface area contributed by atoms with Gasteiger partial charge in [-0.3, -0.25) is 4.79 Å². The standard InChI is InChI=1S/C7H12N2O3/c1-5(4-8)12-3-2-6(9)7(10)11/h5-6H,2-3,9H2,1H3,(H,10,11)/t5?,6-/m0/s1. The molecule has 0 amide bonds. The van der Waals surface area contributed by atoms with Crippen LogP contribution in [0.5, 0.6) is 0 Å². The lowest BCUT2D eigenvalue weighted by Crippen LogP contribution is -2.31. The molecule has 0 aliphatic carbocycles. The quantitative estimate of drug-likeness (QED) is 0.594. The van der Waals surface area contributed by atoms with E-state index in [0.717, 1.165) is 0 Å². The van der Waals surface area contributed by atoms with Gasteiger partial charge in [-0.2, -0.15) is 5.26 Å². The lowest BCUT2D eigenvalue weighted by atomic mass is 10.2. The Kier molecular flexibility index (Phi) is 5.00. The van der Waals surface area contributed by atoms with Gasteiger partial charge in [0.25, 0.3) is 0 Å². The van der Waals surface area contributed by atoms with E-state index >= 15 is 0 Å². The third kappa shape index (κ3) is 4.66. The number of hydrogen-bond acceptors (Lipinski definition) is 4. The highest BCUT2D eigenvalue weighted by molar-refractivity contribution is 5.72. The SMILES string of the molecule is CC(C#N)OCC[C@H](N)C(=O)O. The maximum Gasteiger partial charge on any atom is 0.320 e. The van der Waals surface area contributed by atoms with Gasteiger partial charge in [0.05, 0.1) is 12.7 Å². The van der Waals surface area contributed by atoms with E-state index in [-0.39, 0.29) is 13.0 Å². The van der Waals surface area contributed by atoms with Gasteiger partial charge < -0.3 is 15.6 Å². The third-order valence-electron chi connectivity index (χ3n) is 1.30. The molecular weight excluding hydrogens is 160 g/mol. The average molecular weight is 172 g/mol. The van der Waals surface area contributed by atoms with Gasteiger partial charge in [-0.15, -0.1) is 0 Å². The lowest BCUT2D eigenvalue weighted by Gasteiger charge is -2.07. The van der Waals surface area contributed by atoms with Gasteiger partial charge in [0.2, 0.25) is 0 Å². The number of aliphatic carboxylic acids is 1. The summed E-state index contributed by atoms with van der Waals surface area (Å²) in [7, 11) is 0. The van der Waals surface area contributed by atoms with Crippen molar-refractivity contribution in [2.45, 2.75) is 25.5 Å². The fourth-order valence-corrected chi connectivity index (χ4v) is 0.533. The van der Waals surface area contributed by atoms with Crippen LogP contribution in [-0.2, 0) is 9.53 Å². The number of rotatable bonds is 5. The molecule has 68 valence electrons. The van der Waals surface area contributed by atoms with Gasteiger partial charge in [0, 0.05) is 0 Å². The number of carbonyl (C=O) groups is 1. The van der Waals surface area contributed by atoms with Crippen LogP contribution in [0.1, 0.15) is 13.3 Å². The molecule has 5 heteroatoms. The monoisotopic (exact) mass is 172 g/mol. The first-order valence-corrected chi connectivity index (χ1v) is 3.57. The van der Waals surface area contributed by atoms with Crippen LogP contribution in [0.15, 0.2) is 0 Å². The number of nitrogens with zero attached hydrogens (tertiary/aromatic N) is 1. The third-order valence-corrected chi connectivity index (χ3v) is 1.30. The molecule has 0 rings (SSSR count). The summed E-state index contributed by atoms with van der Waals surface area (Å²) >= 11 is 0. The Morgan fingerprint density at radius 1 is 1.83 bits per heavy atom. The molecule has 1 unspecified atom stereocenters. The Morgan fingerprint density at radius 3 is 2.83 bits per heavy atom. The molecule has 3 N–H and O–H groups in total. The summed E-state index contributed by atoms with van der Waals surface area (Å²) in [5.74, 6) is -1.05. The highest BCUT2D eigenvalue weighted by atomic mass is 16.5. The number of hydrogen-bond donors (Lipinski definition) is 2. The predicted molar refractivity (Wildman–Crippen MR) is 41.3 cm³/mol. The Labute approximate surface area is 70.7 Å². The molecule has 0 fully saturated rings. The van der Waals surface area contributed by atoms with Crippen molar-refractivity contribution < 1.29 is 14.6 Å². The first-order chi connectivity index (χ1) is 5.57. The minimum atomic E-state index is -1.05. The van der Waals surface area contributed by atoms with Gasteiger partial charge in [0.1, 0.15) is 12.1 Å². The molecule has 0 bridgehead atoms. The number of carboxylic acids is 1. The lowest BCUT2D eigenvalue weighted by molar-refractivity contribution is -0.139. The second-order valence-corrected chi connectivity index (χ2v) is 2.38. The smallest absolute Gasteiger partial charge is 0.320 e. The molecule has 0 aliphatic heterocycles. The van der Waals surface area contributed by atoms with Gasteiger partial charge in [-0.25, -0.2) is 0 Å². The van der Waals surface area contributed by atoms with E-state index in [4.69, 9.17) is 20.8 Å². The highest BCUT2D eigenvalue weighted by Gasteiger charge is 2.11. The molecule has 0 radical (unpaired) electrons. The number of nitrogens with two attached hydrogens (primary N) is 1. The van der Waals surface area contributed by atoms with Crippen molar-refractivity contribution in [2.75, 3.05) is 6.61 Å². The second kappa shape index (κ2) is 5.52. The Hall–Kier alpha value is -1.12. The summed E-state index contributed by atoms with van der Waals surface area (Å²) < 4.78 is 4.91. The van der Waals surface area contributed by atoms with Crippen LogP contribution in [0.4, 0.5) is 0 Å². The summed E-state index contributed by atoms with van der Waals surface area (Å²) in [6, 6.07) is 0.951. The Balaban J connectivity index is 3.45. The maximum absolute atomic E-state index is 10.2. The Morgan fingerprint density at radius 2 is 2.42 bits per heavy atom. The molecule has 0 aromatic rings. The van der Waals surface area contributed by atoms with Crippen LogP contribution in [0.3, 0.4) is 0 Å². The minimum Gasteiger partial charge on any atom is -0.480 e. The first kappa shape index (κ1) is 10.9. The summed E-state index contributed by atoms with van der Waals surface area (Å²) in [5, 5.41) is 16.6. The zero-order valence-corrected chi connectivity index (χ0v) is 6.86. The minimum absolute atomic E-state index is 0.197. The number of nitriles is 1. The Bertz CT molecular complexity index is 188. The molecule has 2 atom stereocenters. The molecule has 0 aromatic carbocycles. The topological polar surface area (TPSA) is 96.3 Å². The van der Waals surface area contributed by atoms with Gasteiger partial charge in [-0.05, 0) is 13.3 Å². The summed E-state index contributed by atoms with van der Waals surface area (Å²) in [5.41, 5.74) is 5.18. The first-order valence-electron chi connectivity index (χ1n) is 3.57. The van der Waals surface area contributed by atoms with Crippen LogP contribution in [0, 0.1) is 11.3 Å². The van der Waals surface area contributed by atoms with E-state index in [1.54, 1.807) is 6.92 Å². The van der Waals surface area contributed by atoms with Crippen LogP contribution >= 0.6 is 0 Å². The molecule has 0 spiro atoms. The summed E-state index contributed by atoms with van der Waals surface area (Å²) in [4.78, 5) is 10.2.